The van der Waals surface area contributed by atoms with Gasteiger partial charge in [0.2, 0.25) is 0 Å². The van der Waals surface area contributed by atoms with E-state index in [1.54, 1.807) is 12.4 Å². The van der Waals surface area contributed by atoms with Crippen molar-refractivity contribution in [1.29, 1.82) is 0 Å². The van der Waals surface area contributed by atoms with Gasteiger partial charge in [0.1, 0.15) is 0 Å². The van der Waals surface area contributed by atoms with Gasteiger partial charge in [0.05, 0.1) is 11.0 Å². The zero-order valence-electron chi connectivity index (χ0n) is 22.6. The van der Waals surface area contributed by atoms with Crippen molar-refractivity contribution in [2.75, 3.05) is 0 Å². The normalized spacial score (nSPS) is 12.0. The highest BCUT2D eigenvalue weighted by Crippen LogP contribution is 2.44. The standard InChI is InChI=1S/C36H26N2O2P2/c39-41(29-13-5-1-6-14-29,30-15-7-2-8-16-30)33-23-27-21-22-28-24-34(26-38-36(28)35(27)37-25-33)42(40,31-17-9-3-10-18-31)32-19-11-4-12-20-32/h1-26H. The lowest BCUT2D eigenvalue weighted by Crippen LogP contribution is -2.25. The van der Waals surface area contributed by atoms with E-state index in [1.165, 1.54) is 0 Å². The molecule has 2 heterocycles. The van der Waals surface area contributed by atoms with Crippen LogP contribution in [0.4, 0.5) is 0 Å². The third kappa shape index (κ3) is 4.32. The second-order valence-electron chi connectivity index (χ2n) is 10.2. The number of fused-ring (bicyclic) bond motifs is 3. The van der Waals surface area contributed by atoms with Gasteiger partial charge in [-0.2, -0.15) is 0 Å². The molecule has 0 atom stereocenters. The summed E-state index contributed by atoms with van der Waals surface area (Å²) in [5.74, 6) is 0. The van der Waals surface area contributed by atoms with Gasteiger partial charge in [-0.15, -0.1) is 0 Å². The SMILES string of the molecule is O=P(c1ccccc1)(c1ccccc1)c1cnc2c(ccc3cc(P(=O)(c4ccccc4)c4ccccc4)cnc32)c1. The summed E-state index contributed by atoms with van der Waals surface area (Å²) in [6, 6.07) is 46.3. The highest BCUT2D eigenvalue weighted by Gasteiger charge is 2.32. The van der Waals surface area contributed by atoms with E-state index in [1.807, 2.05) is 146 Å². The van der Waals surface area contributed by atoms with Crippen LogP contribution in [0.2, 0.25) is 0 Å². The van der Waals surface area contributed by atoms with Gasteiger partial charge in [-0.25, -0.2) is 0 Å². The van der Waals surface area contributed by atoms with Crippen molar-refractivity contribution in [3.63, 3.8) is 0 Å². The van der Waals surface area contributed by atoms with Crippen LogP contribution in [0.25, 0.3) is 21.8 Å². The van der Waals surface area contributed by atoms with Crippen LogP contribution in [-0.2, 0) is 9.13 Å². The van der Waals surface area contributed by atoms with Gasteiger partial charge in [0.25, 0.3) is 0 Å². The van der Waals surface area contributed by atoms with Crippen LogP contribution in [-0.4, -0.2) is 9.97 Å². The molecule has 5 aromatic carbocycles. The topological polar surface area (TPSA) is 59.9 Å². The summed E-state index contributed by atoms with van der Waals surface area (Å²) in [6.07, 6.45) is 3.44. The molecule has 0 aliphatic heterocycles. The molecule has 0 saturated carbocycles. The third-order valence-corrected chi connectivity index (χ3v) is 13.7. The smallest absolute Gasteiger partial charge is 0.172 e. The predicted octanol–water partition coefficient (Wildman–Crippen LogP) is 6.06. The number of benzene rings is 5. The molecule has 0 saturated heterocycles. The summed E-state index contributed by atoms with van der Waals surface area (Å²) in [5, 5.41) is 6.08. The van der Waals surface area contributed by atoms with E-state index in [0.717, 1.165) is 32.0 Å². The fourth-order valence-electron chi connectivity index (χ4n) is 5.56. The van der Waals surface area contributed by atoms with Gasteiger partial charge in [-0.05, 0) is 12.1 Å². The summed E-state index contributed by atoms with van der Waals surface area (Å²) in [4.78, 5) is 9.66. The molecule has 0 aliphatic carbocycles. The Hall–Kier alpha value is -4.62. The fourth-order valence-corrected chi connectivity index (χ4v) is 10.8. The summed E-state index contributed by atoms with van der Waals surface area (Å²) >= 11 is 0. The predicted molar refractivity (Wildman–Crippen MR) is 176 cm³/mol. The maximum Gasteiger partial charge on any atom is 0.172 e. The van der Waals surface area contributed by atoms with Crippen molar-refractivity contribution in [2.45, 2.75) is 0 Å². The Morgan fingerprint density at radius 1 is 0.357 bits per heavy atom. The second kappa shape index (κ2) is 10.7. The van der Waals surface area contributed by atoms with Crippen LogP contribution in [0.1, 0.15) is 0 Å². The van der Waals surface area contributed by atoms with Crippen LogP contribution in [0.15, 0.2) is 158 Å². The van der Waals surface area contributed by atoms with Gasteiger partial charge in [0, 0.05) is 55.0 Å². The lowest BCUT2D eigenvalue weighted by Gasteiger charge is -2.21. The van der Waals surface area contributed by atoms with Gasteiger partial charge < -0.3 is 9.13 Å². The van der Waals surface area contributed by atoms with E-state index in [9.17, 15) is 9.13 Å². The van der Waals surface area contributed by atoms with Crippen molar-refractivity contribution < 1.29 is 9.13 Å². The highest BCUT2D eigenvalue weighted by molar-refractivity contribution is 7.85. The molecule has 7 aromatic rings. The van der Waals surface area contributed by atoms with E-state index in [-0.39, 0.29) is 0 Å². The lowest BCUT2D eigenvalue weighted by atomic mass is 10.1. The number of aromatic nitrogens is 2. The average Bonchev–Trinajstić information content (AvgIpc) is 3.08. The quantitative estimate of drug-likeness (QED) is 0.177. The Bertz CT molecular complexity index is 1890. The first-order valence-electron chi connectivity index (χ1n) is 13.7. The van der Waals surface area contributed by atoms with E-state index < -0.39 is 14.3 Å². The third-order valence-electron chi connectivity index (χ3n) is 7.68. The van der Waals surface area contributed by atoms with Crippen LogP contribution in [0.3, 0.4) is 0 Å². The molecule has 0 unspecified atom stereocenters. The first-order valence-corrected chi connectivity index (χ1v) is 17.1. The number of hydrogen-bond donors (Lipinski definition) is 0. The maximum atomic E-state index is 14.9. The minimum absolute atomic E-state index is 0.668. The minimum atomic E-state index is -3.16. The van der Waals surface area contributed by atoms with Crippen molar-refractivity contribution in [2.24, 2.45) is 0 Å². The largest absolute Gasteiger partial charge is 0.309 e. The summed E-state index contributed by atoms with van der Waals surface area (Å²) in [5.41, 5.74) is 1.43. The molecule has 42 heavy (non-hydrogen) atoms. The first kappa shape index (κ1) is 26.3. The maximum absolute atomic E-state index is 14.9. The Morgan fingerprint density at radius 3 is 0.929 bits per heavy atom. The summed E-state index contributed by atoms with van der Waals surface area (Å²) in [7, 11) is -6.32. The van der Waals surface area contributed by atoms with Gasteiger partial charge in [-0.3, -0.25) is 9.97 Å². The Kier molecular flexibility index (Phi) is 6.67. The van der Waals surface area contributed by atoms with E-state index in [2.05, 4.69) is 0 Å². The molecule has 0 aliphatic rings. The molecular formula is C36H26N2O2P2. The minimum Gasteiger partial charge on any atom is -0.309 e. The van der Waals surface area contributed by atoms with E-state index >= 15 is 0 Å². The van der Waals surface area contributed by atoms with Crippen LogP contribution in [0, 0.1) is 0 Å². The molecular weight excluding hydrogens is 554 g/mol. The summed E-state index contributed by atoms with van der Waals surface area (Å²) in [6.45, 7) is 0. The molecule has 7 rings (SSSR count). The second-order valence-corrected chi connectivity index (χ2v) is 15.7. The number of hydrogen-bond acceptors (Lipinski definition) is 4. The lowest BCUT2D eigenvalue weighted by molar-refractivity contribution is 0.591. The van der Waals surface area contributed by atoms with E-state index in [4.69, 9.17) is 9.97 Å². The van der Waals surface area contributed by atoms with Crippen molar-refractivity contribution in [1.82, 2.24) is 9.97 Å². The van der Waals surface area contributed by atoms with Crippen LogP contribution >= 0.6 is 14.3 Å². The zero-order chi connectivity index (χ0) is 28.6. The molecule has 2 aromatic heterocycles. The molecule has 0 amide bonds. The number of rotatable bonds is 6. The Labute approximate surface area is 244 Å². The van der Waals surface area contributed by atoms with Gasteiger partial charge >= 0.3 is 0 Å². The molecule has 4 nitrogen and oxygen atoms in total. The van der Waals surface area contributed by atoms with Crippen LogP contribution in [0.5, 0.6) is 0 Å². The highest BCUT2D eigenvalue weighted by atomic mass is 31.2. The monoisotopic (exact) mass is 580 g/mol. The first-order chi connectivity index (χ1) is 20.6. The average molecular weight is 581 g/mol. The zero-order valence-corrected chi connectivity index (χ0v) is 24.4. The van der Waals surface area contributed by atoms with Gasteiger partial charge in [0.15, 0.2) is 14.3 Å². The molecule has 0 bridgehead atoms. The molecule has 202 valence electrons. The molecule has 6 heteroatoms. The molecule has 0 spiro atoms. The number of pyridine rings is 2. The Morgan fingerprint density at radius 2 is 0.643 bits per heavy atom. The van der Waals surface area contributed by atoms with E-state index in [0.29, 0.717) is 21.6 Å². The molecule has 0 radical (unpaired) electrons. The van der Waals surface area contributed by atoms with Crippen molar-refractivity contribution in [3.05, 3.63) is 158 Å². The van der Waals surface area contributed by atoms with Crippen molar-refractivity contribution >= 4 is 67.9 Å². The van der Waals surface area contributed by atoms with Crippen molar-refractivity contribution in [3.8, 4) is 0 Å². The van der Waals surface area contributed by atoms with Crippen LogP contribution < -0.4 is 31.8 Å². The molecule has 0 fully saturated rings. The number of nitrogens with zero attached hydrogens (tertiary/aromatic N) is 2. The fraction of sp³-hybridized carbons (Fsp3) is 0. The van der Waals surface area contributed by atoms with Gasteiger partial charge in [-0.1, -0.05) is 133 Å². The summed E-state index contributed by atoms with van der Waals surface area (Å²) < 4.78 is 29.7. The Balaban J connectivity index is 1.39. The molecule has 0 N–H and O–H groups in total.